The van der Waals surface area contributed by atoms with Crippen molar-refractivity contribution in [2.24, 2.45) is 7.05 Å². The second-order valence-corrected chi connectivity index (χ2v) is 13.1. The van der Waals surface area contributed by atoms with Crippen molar-refractivity contribution in [2.75, 3.05) is 0 Å². The summed E-state index contributed by atoms with van der Waals surface area (Å²) in [5.41, 5.74) is 5.67. The van der Waals surface area contributed by atoms with Gasteiger partial charge in [0.1, 0.15) is 11.1 Å². The van der Waals surface area contributed by atoms with E-state index >= 15 is 0 Å². The Morgan fingerprint density at radius 2 is 1.81 bits per heavy atom. The lowest BCUT2D eigenvalue weighted by Crippen LogP contribution is -2.27. The lowest BCUT2D eigenvalue weighted by molar-refractivity contribution is -0.138. The number of carbonyl (C=O) groups is 1. The maximum absolute atomic E-state index is 13.9. The number of nitrogens with zero attached hydrogens (tertiary/aromatic N) is 4. The van der Waals surface area contributed by atoms with Crippen LogP contribution in [0.2, 0.25) is 5.02 Å². The summed E-state index contributed by atoms with van der Waals surface area (Å²) in [7, 11) is 1.89. The first-order valence-corrected chi connectivity index (χ1v) is 15.1. The van der Waals surface area contributed by atoms with Crippen LogP contribution in [-0.2, 0) is 16.6 Å². The van der Waals surface area contributed by atoms with Crippen molar-refractivity contribution in [3.63, 3.8) is 0 Å². The third-order valence-electron chi connectivity index (χ3n) is 7.35. The van der Waals surface area contributed by atoms with Crippen molar-refractivity contribution in [1.82, 2.24) is 19.3 Å². The van der Waals surface area contributed by atoms with E-state index in [1.807, 2.05) is 89.3 Å². The molecular formula is C34H31ClN4O3S. The van der Waals surface area contributed by atoms with Crippen molar-refractivity contribution in [3.05, 3.63) is 99.6 Å². The molecule has 0 bridgehead atoms. The van der Waals surface area contributed by atoms with Gasteiger partial charge in [0.05, 0.1) is 33.1 Å². The standard InChI is InChI=1S/C34H31ClN4O3S/c1-19-16-26-31(29(21-9-11-23(35)12-10-21)28(19)30(20(2)40)42-34(3,4)5)43-32(37-26)25-8-7-15-39(33(25)41)24-13-14-27-22(17-24)18-36-38(27)6/h7-18,30H,1-6H3/t30-/m1/s1. The van der Waals surface area contributed by atoms with E-state index in [0.717, 1.165) is 49.1 Å². The number of ether oxygens (including phenoxy) is 1. The molecule has 6 aromatic rings. The molecule has 3 aromatic carbocycles. The molecule has 0 N–H and O–H groups in total. The normalized spacial score (nSPS) is 12.7. The Kier molecular flexibility index (Phi) is 7.32. The Bertz CT molecular complexity index is 2080. The van der Waals surface area contributed by atoms with Crippen LogP contribution in [0.1, 0.15) is 44.9 Å². The number of Topliss-reactive ketones (excluding diaryl/α,β-unsaturated/α-hetero) is 1. The first-order valence-electron chi connectivity index (χ1n) is 13.9. The molecule has 0 spiro atoms. The molecule has 9 heteroatoms. The van der Waals surface area contributed by atoms with Gasteiger partial charge >= 0.3 is 0 Å². The van der Waals surface area contributed by atoms with E-state index in [0.29, 0.717) is 15.6 Å². The van der Waals surface area contributed by atoms with Crippen LogP contribution in [0.5, 0.6) is 0 Å². The first-order chi connectivity index (χ1) is 20.4. The van der Waals surface area contributed by atoms with Crippen LogP contribution in [0.3, 0.4) is 0 Å². The highest BCUT2D eigenvalue weighted by Gasteiger charge is 2.30. The van der Waals surface area contributed by atoms with E-state index in [1.165, 1.54) is 11.3 Å². The third kappa shape index (κ3) is 5.42. The Balaban J connectivity index is 1.57. The quantitative estimate of drug-likeness (QED) is 0.190. The Morgan fingerprint density at radius 3 is 2.51 bits per heavy atom. The number of fused-ring (bicyclic) bond motifs is 2. The van der Waals surface area contributed by atoms with Crippen LogP contribution < -0.4 is 5.56 Å². The van der Waals surface area contributed by atoms with E-state index in [4.69, 9.17) is 21.3 Å². The molecule has 0 aliphatic rings. The van der Waals surface area contributed by atoms with Gasteiger partial charge in [-0.15, -0.1) is 11.3 Å². The summed E-state index contributed by atoms with van der Waals surface area (Å²) < 4.78 is 10.7. The minimum absolute atomic E-state index is 0.0890. The van der Waals surface area contributed by atoms with Gasteiger partial charge in [0.2, 0.25) is 0 Å². The van der Waals surface area contributed by atoms with Crippen molar-refractivity contribution in [2.45, 2.75) is 46.3 Å². The van der Waals surface area contributed by atoms with Gasteiger partial charge in [0.25, 0.3) is 5.56 Å². The summed E-state index contributed by atoms with van der Waals surface area (Å²) in [6.45, 7) is 9.35. The molecular weight excluding hydrogens is 580 g/mol. The molecule has 3 heterocycles. The summed E-state index contributed by atoms with van der Waals surface area (Å²) in [6, 6.07) is 19.0. The topological polar surface area (TPSA) is 79.0 Å². The largest absolute Gasteiger partial charge is 0.360 e. The fourth-order valence-corrected chi connectivity index (χ4v) is 6.69. The van der Waals surface area contributed by atoms with E-state index in [-0.39, 0.29) is 11.3 Å². The molecule has 0 fully saturated rings. The van der Waals surface area contributed by atoms with Gasteiger partial charge in [-0.3, -0.25) is 18.8 Å². The molecule has 0 saturated heterocycles. The molecule has 0 saturated carbocycles. The van der Waals surface area contributed by atoms with Gasteiger partial charge in [-0.05, 0) is 94.3 Å². The molecule has 3 aromatic heterocycles. The number of ketones is 1. The van der Waals surface area contributed by atoms with Crippen LogP contribution in [0.4, 0.5) is 0 Å². The zero-order valence-corrected chi connectivity index (χ0v) is 26.4. The highest BCUT2D eigenvalue weighted by Crippen LogP contribution is 2.44. The van der Waals surface area contributed by atoms with Crippen LogP contribution >= 0.6 is 22.9 Å². The summed E-state index contributed by atoms with van der Waals surface area (Å²) in [5, 5.41) is 6.48. The average Bonchev–Trinajstić information content (AvgIpc) is 3.54. The number of benzene rings is 3. The maximum Gasteiger partial charge on any atom is 0.265 e. The van der Waals surface area contributed by atoms with Crippen LogP contribution in [-0.4, -0.2) is 30.7 Å². The smallest absolute Gasteiger partial charge is 0.265 e. The van der Waals surface area contributed by atoms with Crippen LogP contribution in [0.15, 0.2) is 77.9 Å². The van der Waals surface area contributed by atoms with E-state index in [2.05, 4.69) is 5.10 Å². The maximum atomic E-state index is 13.9. The monoisotopic (exact) mass is 610 g/mol. The SMILES string of the molecule is CC(=O)[C@@H](OC(C)(C)C)c1c(C)cc2nc(-c3cccn(-c4ccc5c(cnn5C)c4)c3=O)sc2c1-c1ccc(Cl)cc1. The number of thiazole rings is 1. The summed E-state index contributed by atoms with van der Waals surface area (Å²) in [4.78, 5) is 31.9. The van der Waals surface area contributed by atoms with Gasteiger partial charge in [-0.2, -0.15) is 5.10 Å². The van der Waals surface area contributed by atoms with E-state index in [9.17, 15) is 9.59 Å². The van der Waals surface area contributed by atoms with Gasteiger partial charge in [0.15, 0.2) is 5.78 Å². The van der Waals surface area contributed by atoms with Crippen molar-refractivity contribution < 1.29 is 9.53 Å². The zero-order chi connectivity index (χ0) is 30.6. The lowest BCUT2D eigenvalue weighted by atomic mass is 9.90. The molecule has 218 valence electrons. The Morgan fingerprint density at radius 1 is 1.07 bits per heavy atom. The second-order valence-electron chi connectivity index (χ2n) is 11.7. The van der Waals surface area contributed by atoms with Crippen molar-refractivity contribution >= 4 is 49.8 Å². The van der Waals surface area contributed by atoms with Gasteiger partial charge in [0, 0.05) is 40.5 Å². The summed E-state index contributed by atoms with van der Waals surface area (Å²) in [5.74, 6) is -0.0890. The first kappa shape index (κ1) is 29.0. The van der Waals surface area contributed by atoms with Gasteiger partial charge in [-0.25, -0.2) is 4.98 Å². The minimum Gasteiger partial charge on any atom is -0.360 e. The lowest BCUT2D eigenvalue weighted by Gasteiger charge is -2.29. The second kappa shape index (κ2) is 10.9. The predicted octanol–water partition coefficient (Wildman–Crippen LogP) is 8.07. The fraction of sp³-hybridized carbons (Fsp3) is 0.235. The number of aromatic nitrogens is 4. The number of carbonyl (C=O) groups excluding carboxylic acids is 1. The molecule has 0 aliphatic carbocycles. The number of hydrogen-bond donors (Lipinski definition) is 0. The fourth-order valence-electron chi connectivity index (χ4n) is 5.43. The molecule has 0 amide bonds. The highest BCUT2D eigenvalue weighted by molar-refractivity contribution is 7.22. The molecule has 0 aliphatic heterocycles. The highest BCUT2D eigenvalue weighted by atomic mass is 35.5. The molecule has 0 radical (unpaired) electrons. The third-order valence-corrected chi connectivity index (χ3v) is 8.72. The van der Waals surface area contributed by atoms with E-state index < -0.39 is 11.7 Å². The molecule has 7 nitrogen and oxygen atoms in total. The molecule has 1 atom stereocenters. The molecule has 43 heavy (non-hydrogen) atoms. The molecule has 6 rings (SSSR count). The number of pyridine rings is 1. The Labute approximate surface area is 258 Å². The van der Waals surface area contributed by atoms with Crippen molar-refractivity contribution in [1.29, 1.82) is 0 Å². The average molecular weight is 611 g/mol. The van der Waals surface area contributed by atoms with Crippen LogP contribution in [0, 0.1) is 6.92 Å². The van der Waals surface area contributed by atoms with E-state index in [1.54, 1.807) is 34.6 Å². The van der Waals surface area contributed by atoms with Crippen LogP contribution in [0.25, 0.3) is 48.5 Å². The van der Waals surface area contributed by atoms with Gasteiger partial charge in [-0.1, -0.05) is 23.7 Å². The van der Waals surface area contributed by atoms with Crippen molar-refractivity contribution in [3.8, 4) is 27.4 Å². The van der Waals surface area contributed by atoms with Gasteiger partial charge < -0.3 is 4.74 Å². The summed E-state index contributed by atoms with van der Waals surface area (Å²) in [6.07, 6.45) is 2.77. The Hall–Kier alpha value is -4.11. The summed E-state index contributed by atoms with van der Waals surface area (Å²) >= 11 is 7.69. The number of rotatable bonds is 6. The number of hydrogen-bond acceptors (Lipinski definition) is 6. The molecule has 0 unspecified atom stereocenters. The zero-order valence-electron chi connectivity index (χ0n) is 24.8. The number of halogens is 1. The predicted molar refractivity (Wildman–Crippen MR) is 174 cm³/mol. The minimum atomic E-state index is -0.781. The number of aryl methyl sites for hydroxylation is 2.